The van der Waals surface area contributed by atoms with Gasteiger partial charge in [0.2, 0.25) is 0 Å². The van der Waals surface area contributed by atoms with E-state index >= 15 is 0 Å². The standard InChI is InChI=1S/C12H18F4O2/c1-4-6-10(5-2)9-17-7-8-18-12(15,16)11(3,13)14/h4,6-8,10H,5,9H2,1-3H3/b6-4+,8-7-. The fourth-order valence-electron chi connectivity index (χ4n) is 1.02. The number of ether oxygens (including phenoxy) is 2. The third-order valence-corrected chi connectivity index (χ3v) is 2.18. The SMILES string of the molecule is C/C=C/C(CC)CO/C=C\OC(F)(F)C(C)(F)F. The first-order valence-electron chi connectivity index (χ1n) is 5.57. The van der Waals surface area contributed by atoms with Crippen molar-refractivity contribution in [2.24, 2.45) is 5.92 Å². The van der Waals surface area contributed by atoms with Crippen LogP contribution in [0.4, 0.5) is 17.6 Å². The molecule has 0 bridgehead atoms. The van der Waals surface area contributed by atoms with Crippen molar-refractivity contribution in [2.75, 3.05) is 6.61 Å². The zero-order valence-corrected chi connectivity index (χ0v) is 10.6. The Balaban J connectivity index is 4.05. The van der Waals surface area contributed by atoms with E-state index in [0.717, 1.165) is 12.7 Å². The molecule has 0 saturated heterocycles. The van der Waals surface area contributed by atoms with Gasteiger partial charge >= 0.3 is 12.0 Å². The number of rotatable bonds is 8. The van der Waals surface area contributed by atoms with Crippen molar-refractivity contribution in [3.05, 3.63) is 24.7 Å². The predicted molar refractivity (Wildman–Crippen MR) is 60.3 cm³/mol. The van der Waals surface area contributed by atoms with Gasteiger partial charge in [0, 0.05) is 12.8 Å². The van der Waals surface area contributed by atoms with Gasteiger partial charge in [-0.15, -0.1) is 0 Å². The lowest BCUT2D eigenvalue weighted by molar-refractivity contribution is -0.320. The maximum absolute atomic E-state index is 12.6. The molecule has 0 aromatic heterocycles. The molecule has 1 unspecified atom stereocenters. The Hall–Kier alpha value is -1.20. The van der Waals surface area contributed by atoms with Crippen LogP contribution in [0.2, 0.25) is 0 Å². The molecule has 0 aliphatic heterocycles. The van der Waals surface area contributed by atoms with Crippen molar-refractivity contribution in [1.29, 1.82) is 0 Å². The Labute approximate surface area is 104 Å². The second kappa shape index (κ2) is 7.28. The lowest BCUT2D eigenvalue weighted by Gasteiger charge is -2.21. The van der Waals surface area contributed by atoms with Crippen molar-refractivity contribution < 1.29 is 27.0 Å². The molecule has 2 nitrogen and oxygen atoms in total. The van der Waals surface area contributed by atoms with E-state index < -0.39 is 12.0 Å². The summed E-state index contributed by atoms with van der Waals surface area (Å²) in [5.41, 5.74) is 0. The van der Waals surface area contributed by atoms with Crippen LogP contribution in [0.3, 0.4) is 0 Å². The van der Waals surface area contributed by atoms with E-state index in [1.54, 1.807) is 0 Å². The third kappa shape index (κ3) is 5.93. The monoisotopic (exact) mass is 270 g/mol. The van der Waals surface area contributed by atoms with Gasteiger partial charge < -0.3 is 9.47 Å². The van der Waals surface area contributed by atoms with Gasteiger partial charge in [-0.05, 0) is 13.3 Å². The Morgan fingerprint density at radius 2 is 1.78 bits per heavy atom. The second-order valence-electron chi connectivity index (χ2n) is 3.82. The largest absolute Gasteiger partial charge is 0.497 e. The molecule has 0 radical (unpaired) electrons. The lowest BCUT2D eigenvalue weighted by Crippen LogP contribution is -2.38. The minimum Gasteiger partial charge on any atom is -0.497 e. The van der Waals surface area contributed by atoms with Gasteiger partial charge in [-0.3, -0.25) is 0 Å². The highest BCUT2D eigenvalue weighted by atomic mass is 19.3. The predicted octanol–water partition coefficient (Wildman–Crippen LogP) is 4.34. The highest BCUT2D eigenvalue weighted by molar-refractivity contribution is 4.85. The van der Waals surface area contributed by atoms with Crippen LogP contribution < -0.4 is 0 Å². The molecular formula is C12H18F4O2. The molecule has 0 spiro atoms. The zero-order chi connectivity index (χ0) is 14.2. The normalized spacial score (nSPS) is 15.3. The Bertz CT molecular complexity index is 282. The lowest BCUT2D eigenvalue weighted by atomic mass is 10.1. The molecule has 0 saturated carbocycles. The van der Waals surface area contributed by atoms with Crippen molar-refractivity contribution in [3.8, 4) is 0 Å². The second-order valence-corrected chi connectivity index (χ2v) is 3.82. The summed E-state index contributed by atoms with van der Waals surface area (Å²) in [6, 6.07) is 0. The van der Waals surface area contributed by atoms with Gasteiger partial charge in [0.05, 0.1) is 6.61 Å². The summed E-state index contributed by atoms with van der Waals surface area (Å²) in [6.45, 7) is 4.15. The fourth-order valence-corrected chi connectivity index (χ4v) is 1.02. The number of hydrogen-bond acceptors (Lipinski definition) is 2. The third-order valence-electron chi connectivity index (χ3n) is 2.18. The molecule has 0 heterocycles. The van der Waals surface area contributed by atoms with E-state index in [2.05, 4.69) is 4.74 Å². The molecule has 0 aromatic carbocycles. The summed E-state index contributed by atoms with van der Waals surface area (Å²) < 4.78 is 58.5. The number of allylic oxidation sites excluding steroid dienone is 1. The Kier molecular flexibility index (Phi) is 6.80. The Morgan fingerprint density at radius 1 is 1.17 bits per heavy atom. The van der Waals surface area contributed by atoms with E-state index in [4.69, 9.17) is 4.74 Å². The zero-order valence-electron chi connectivity index (χ0n) is 10.6. The van der Waals surface area contributed by atoms with Crippen molar-refractivity contribution in [1.82, 2.24) is 0 Å². The van der Waals surface area contributed by atoms with E-state index in [1.807, 2.05) is 26.0 Å². The molecule has 0 amide bonds. The van der Waals surface area contributed by atoms with Crippen LogP contribution in [-0.2, 0) is 9.47 Å². The van der Waals surface area contributed by atoms with Crippen LogP contribution in [0.5, 0.6) is 0 Å². The quantitative estimate of drug-likeness (QED) is 0.371. The smallest absolute Gasteiger partial charge is 0.463 e. The fraction of sp³-hybridized carbons (Fsp3) is 0.667. The van der Waals surface area contributed by atoms with Crippen LogP contribution in [0, 0.1) is 5.92 Å². The summed E-state index contributed by atoms with van der Waals surface area (Å²) in [6.07, 6.45) is 1.31. The van der Waals surface area contributed by atoms with Crippen LogP contribution in [-0.4, -0.2) is 18.6 Å². The number of halogens is 4. The molecule has 0 aromatic rings. The van der Waals surface area contributed by atoms with E-state index in [-0.39, 0.29) is 19.4 Å². The van der Waals surface area contributed by atoms with Crippen molar-refractivity contribution in [2.45, 2.75) is 39.2 Å². The summed E-state index contributed by atoms with van der Waals surface area (Å²) in [5, 5.41) is 0. The molecule has 106 valence electrons. The van der Waals surface area contributed by atoms with E-state index in [9.17, 15) is 17.6 Å². The maximum atomic E-state index is 12.6. The first-order chi connectivity index (χ1) is 8.24. The van der Waals surface area contributed by atoms with Gasteiger partial charge in [0.15, 0.2) is 0 Å². The topological polar surface area (TPSA) is 18.5 Å². The molecule has 0 rings (SSSR count). The Morgan fingerprint density at radius 3 is 2.22 bits per heavy atom. The summed E-state index contributed by atoms with van der Waals surface area (Å²) in [4.78, 5) is 0. The number of alkyl halides is 4. The molecule has 0 aliphatic carbocycles. The molecule has 0 N–H and O–H groups in total. The molecule has 0 fully saturated rings. The summed E-state index contributed by atoms with van der Waals surface area (Å²) >= 11 is 0. The minimum absolute atomic E-state index is 0.0842. The average Bonchev–Trinajstić information content (AvgIpc) is 2.25. The first-order valence-corrected chi connectivity index (χ1v) is 5.57. The van der Waals surface area contributed by atoms with Crippen LogP contribution >= 0.6 is 0 Å². The number of hydrogen-bond donors (Lipinski definition) is 0. The van der Waals surface area contributed by atoms with Crippen molar-refractivity contribution in [3.63, 3.8) is 0 Å². The minimum atomic E-state index is -4.54. The molecular weight excluding hydrogens is 252 g/mol. The van der Waals surface area contributed by atoms with Crippen LogP contribution in [0.25, 0.3) is 0 Å². The highest BCUT2D eigenvalue weighted by Crippen LogP contribution is 2.34. The molecule has 6 heteroatoms. The van der Waals surface area contributed by atoms with Gasteiger partial charge in [0.1, 0.15) is 12.5 Å². The molecule has 18 heavy (non-hydrogen) atoms. The van der Waals surface area contributed by atoms with Gasteiger partial charge in [-0.2, -0.15) is 17.6 Å². The maximum Gasteiger partial charge on any atom is 0.463 e. The average molecular weight is 270 g/mol. The van der Waals surface area contributed by atoms with E-state index in [1.165, 1.54) is 0 Å². The van der Waals surface area contributed by atoms with Crippen molar-refractivity contribution >= 4 is 0 Å². The molecule has 0 aliphatic rings. The highest BCUT2D eigenvalue weighted by Gasteiger charge is 2.54. The van der Waals surface area contributed by atoms with E-state index in [0.29, 0.717) is 6.26 Å². The first kappa shape index (κ1) is 16.8. The van der Waals surface area contributed by atoms with Gasteiger partial charge in [0.25, 0.3) is 0 Å². The van der Waals surface area contributed by atoms with Crippen LogP contribution in [0.1, 0.15) is 27.2 Å². The van der Waals surface area contributed by atoms with Gasteiger partial charge in [-0.1, -0.05) is 19.1 Å². The summed E-state index contributed by atoms with van der Waals surface area (Å²) in [5.74, 6) is -4.10. The molecule has 1 atom stereocenters. The van der Waals surface area contributed by atoms with Crippen LogP contribution in [0.15, 0.2) is 24.7 Å². The summed E-state index contributed by atoms with van der Waals surface area (Å²) in [7, 11) is 0. The van der Waals surface area contributed by atoms with Gasteiger partial charge in [-0.25, -0.2) is 0 Å².